The largest absolute Gasteiger partial charge is 0.400 e. The second-order valence-electron chi connectivity index (χ2n) is 4.01. The van der Waals surface area contributed by atoms with Crippen molar-refractivity contribution >= 4 is 0 Å². The molecule has 0 spiro atoms. The van der Waals surface area contributed by atoms with Crippen LogP contribution >= 0.6 is 0 Å². The van der Waals surface area contributed by atoms with Gasteiger partial charge in [-0.1, -0.05) is 6.42 Å². The van der Waals surface area contributed by atoms with Crippen LogP contribution in [0.3, 0.4) is 0 Å². The second-order valence-corrected chi connectivity index (χ2v) is 4.01. The smallest absolute Gasteiger partial charge is 0.0319 e. The van der Waals surface area contributed by atoms with Crippen molar-refractivity contribution in [1.29, 1.82) is 0 Å². The van der Waals surface area contributed by atoms with Gasteiger partial charge >= 0.3 is 0 Å². The van der Waals surface area contributed by atoms with Crippen molar-refractivity contribution in [3.8, 4) is 0 Å². The van der Waals surface area contributed by atoms with E-state index in [1.807, 2.05) is 0 Å². The number of hydrogen-bond acceptors (Lipinski definition) is 3. The van der Waals surface area contributed by atoms with E-state index >= 15 is 0 Å². The SMILES string of the molecule is CC1CCCC(C)N1CCCN.CO. The molecule has 0 aromatic heterocycles. The molecule has 2 atom stereocenters. The Hall–Kier alpha value is -0.120. The minimum atomic E-state index is 0.778. The molecule has 0 saturated carbocycles. The summed E-state index contributed by atoms with van der Waals surface area (Å²) in [6.07, 6.45) is 5.29. The summed E-state index contributed by atoms with van der Waals surface area (Å²) in [5.41, 5.74) is 5.51. The molecule has 0 amide bonds. The molecule has 2 unspecified atom stereocenters. The third-order valence-electron chi connectivity index (χ3n) is 3.00. The highest BCUT2D eigenvalue weighted by Gasteiger charge is 2.23. The van der Waals surface area contributed by atoms with E-state index in [9.17, 15) is 0 Å². The Bertz CT molecular complexity index is 120. The first-order valence-corrected chi connectivity index (χ1v) is 5.66. The highest BCUT2D eigenvalue weighted by atomic mass is 16.2. The lowest BCUT2D eigenvalue weighted by Gasteiger charge is -2.38. The molecule has 0 radical (unpaired) electrons. The summed E-state index contributed by atoms with van der Waals surface area (Å²) in [5.74, 6) is 0. The van der Waals surface area contributed by atoms with Gasteiger partial charge in [-0.15, -0.1) is 0 Å². The Morgan fingerprint density at radius 2 is 1.71 bits per heavy atom. The van der Waals surface area contributed by atoms with E-state index in [0.717, 1.165) is 32.2 Å². The number of rotatable bonds is 3. The summed E-state index contributed by atoms with van der Waals surface area (Å²) in [6, 6.07) is 1.56. The fourth-order valence-corrected chi connectivity index (χ4v) is 2.19. The third kappa shape index (κ3) is 4.40. The molecule has 3 nitrogen and oxygen atoms in total. The van der Waals surface area contributed by atoms with Crippen LogP contribution in [0.25, 0.3) is 0 Å². The van der Waals surface area contributed by atoms with Crippen LogP contribution < -0.4 is 5.73 Å². The summed E-state index contributed by atoms with van der Waals surface area (Å²) in [6.45, 7) is 6.70. The maximum atomic E-state index is 7.00. The maximum Gasteiger partial charge on any atom is 0.0319 e. The first kappa shape index (κ1) is 13.9. The van der Waals surface area contributed by atoms with Crippen LogP contribution in [0.2, 0.25) is 0 Å². The minimum absolute atomic E-state index is 0.778. The van der Waals surface area contributed by atoms with Crippen molar-refractivity contribution in [2.24, 2.45) is 5.73 Å². The van der Waals surface area contributed by atoms with Crippen molar-refractivity contribution in [2.75, 3.05) is 20.2 Å². The number of nitrogens with zero attached hydrogens (tertiary/aromatic N) is 1. The summed E-state index contributed by atoms with van der Waals surface area (Å²) >= 11 is 0. The molecule has 0 aromatic carbocycles. The van der Waals surface area contributed by atoms with Crippen LogP contribution in [-0.2, 0) is 0 Å². The van der Waals surface area contributed by atoms with Gasteiger partial charge in [-0.3, -0.25) is 4.90 Å². The van der Waals surface area contributed by atoms with Crippen LogP contribution in [0, 0.1) is 0 Å². The fourth-order valence-electron chi connectivity index (χ4n) is 2.19. The predicted octanol–water partition coefficient (Wildman–Crippen LogP) is 1.21. The Morgan fingerprint density at radius 3 is 2.14 bits per heavy atom. The lowest BCUT2D eigenvalue weighted by Crippen LogP contribution is -2.44. The molecule has 86 valence electrons. The van der Waals surface area contributed by atoms with Crippen molar-refractivity contribution < 1.29 is 5.11 Å². The Morgan fingerprint density at radius 1 is 1.21 bits per heavy atom. The second kappa shape index (κ2) is 8.21. The molecule has 1 heterocycles. The molecule has 1 rings (SSSR count). The maximum absolute atomic E-state index is 7.00. The molecule has 1 aliphatic rings. The van der Waals surface area contributed by atoms with Crippen LogP contribution in [-0.4, -0.2) is 42.3 Å². The molecule has 1 aliphatic heterocycles. The third-order valence-corrected chi connectivity index (χ3v) is 3.00. The van der Waals surface area contributed by atoms with Crippen LogP contribution in [0.5, 0.6) is 0 Å². The highest BCUT2D eigenvalue weighted by molar-refractivity contribution is 4.79. The molecule has 3 heteroatoms. The van der Waals surface area contributed by atoms with Crippen LogP contribution in [0.4, 0.5) is 0 Å². The Balaban J connectivity index is 0.000000791. The summed E-state index contributed by atoms with van der Waals surface area (Å²) in [7, 11) is 1.00. The lowest BCUT2D eigenvalue weighted by atomic mass is 9.97. The molecule has 1 fully saturated rings. The van der Waals surface area contributed by atoms with Gasteiger partial charge in [-0.2, -0.15) is 0 Å². The monoisotopic (exact) mass is 202 g/mol. The van der Waals surface area contributed by atoms with Crippen molar-refractivity contribution in [3.05, 3.63) is 0 Å². The quantitative estimate of drug-likeness (QED) is 0.723. The zero-order valence-corrected chi connectivity index (χ0v) is 9.87. The van der Waals surface area contributed by atoms with Crippen LogP contribution in [0.1, 0.15) is 39.5 Å². The number of likely N-dealkylation sites (tertiary alicyclic amines) is 1. The van der Waals surface area contributed by atoms with E-state index in [4.69, 9.17) is 10.8 Å². The predicted molar refractivity (Wildman–Crippen MR) is 61.3 cm³/mol. The van der Waals surface area contributed by atoms with Gasteiger partial charge in [0.05, 0.1) is 0 Å². The van der Waals surface area contributed by atoms with E-state index in [2.05, 4.69) is 18.7 Å². The summed E-state index contributed by atoms with van der Waals surface area (Å²) < 4.78 is 0. The molecular formula is C11H26N2O. The molecule has 0 aromatic rings. The van der Waals surface area contributed by atoms with Gasteiger partial charge in [0.25, 0.3) is 0 Å². The van der Waals surface area contributed by atoms with E-state index in [1.165, 1.54) is 25.8 Å². The fraction of sp³-hybridized carbons (Fsp3) is 1.00. The average molecular weight is 202 g/mol. The zero-order valence-electron chi connectivity index (χ0n) is 9.87. The van der Waals surface area contributed by atoms with Gasteiger partial charge in [-0.05, 0) is 46.2 Å². The number of nitrogens with two attached hydrogens (primary N) is 1. The number of hydrogen-bond donors (Lipinski definition) is 2. The molecular weight excluding hydrogens is 176 g/mol. The van der Waals surface area contributed by atoms with Crippen molar-refractivity contribution in [2.45, 2.75) is 51.6 Å². The lowest BCUT2D eigenvalue weighted by molar-refractivity contribution is 0.103. The standard InChI is InChI=1S/C10H22N2.CH4O/c1-9-5-3-6-10(2)12(9)8-4-7-11;1-2/h9-10H,3-8,11H2,1-2H3;2H,1H3. The summed E-state index contributed by atoms with van der Waals surface area (Å²) in [5, 5.41) is 7.00. The molecule has 0 aliphatic carbocycles. The number of piperidine rings is 1. The number of aliphatic hydroxyl groups is 1. The topological polar surface area (TPSA) is 49.5 Å². The van der Waals surface area contributed by atoms with Gasteiger partial charge in [0.2, 0.25) is 0 Å². The summed E-state index contributed by atoms with van der Waals surface area (Å²) in [4.78, 5) is 2.61. The highest BCUT2D eigenvalue weighted by Crippen LogP contribution is 2.22. The first-order valence-electron chi connectivity index (χ1n) is 5.66. The van der Waals surface area contributed by atoms with E-state index in [1.54, 1.807) is 0 Å². The molecule has 1 saturated heterocycles. The van der Waals surface area contributed by atoms with E-state index in [0.29, 0.717) is 0 Å². The van der Waals surface area contributed by atoms with Gasteiger partial charge in [0.1, 0.15) is 0 Å². The van der Waals surface area contributed by atoms with E-state index in [-0.39, 0.29) is 0 Å². The normalized spacial score (nSPS) is 28.1. The Kier molecular flexibility index (Phi) is 8.14. The Labute approximate surface area is 88.3 Å². The first-order chi connectivity index (χ1) is 6.75. The minimum Gasteiger partial charge on any atom is -0.400 e. The van der Waals surface area contributed by atoms with Gasteiger partial charge in [0.15, 0.2) is 0 Å². The van der Waals surface area contributed by atoms with Crippen molar-refractivity contribution in [1.82, 2.24) is 4.90 Å². The molecule has 3 N–H and O–H groups in total. The molecule has 0 bridgehead atoms. The number of aliphatic hydroxyl groups excluding tert-OH is 1. The molecule has 14 heavy (non-hydrogen) atoms. The van der Waals surface area contributed by atoms with Gasteiger partial charge in [0, 0.05) is 19.2 Å². The van der Waals surface area contributed by atoms with Crippen LogP contribution in [0.15, 0.2) is 0 Å². The van der Waals surface area contributed by atoms with Gasteiger partial charge in [-0.25, -0.2) is 0 Å². The van der Waals surface area contributed by atoms with E-state index < -0.39 is 0 Å². The zero-order chi connectivity index (χ0) is 11.0. The van der Waals surface area contributed by atoms with Gasteiger partial charge < -0.3 is 10.8 Å². The van der Waals surface area contributed by atoms with Crippen molar-refractivity contribution in [3.63, 3.8) is 0 Å². The average Bonchev–Trinajstić information content (AvgIpc) is 2.20.